The number of nitrogens with zero attached hydrogens (tertiary/aromatic N) is 1. The van der Waals surface area contributed by atoms with Crippen LogP contribution in [0.15, 0.2) is 23.1 Å². The van der Waals surface area contributed by atoms with E-state index in [1.165, 1.54) is 0 Å². The second kappa shape index (κ2) is 4.53. The number of nitrogens with one attached hydrogen (secondary N) is 1. The van der Waals surface area contributed by atoms with Gasteiger partial charge in [0.15, 0.2) is 0 Å². The Bertz CT molecular complexity index is 451. The van der Waals surface area contributed by atoms with Gasteiger partial charge < -0.3 is 14.6 Å². The smallest absolute Gasteiger partial charge is 0.250 e. The fourth-order valence-corrected chi connectivity index (χ4v) is 2.27. The van der Waals surface area contributed by atoms with Crippen LogP contribution in [0, 0.1) is 0 Å². The van der Waals surface area contributed by atoms with Gasteiger partial charge in [-0.25, -0.2) is 0 Å². The van der Waals surface area contributed by atoms with Crippen LogP contribution in [0.2, 0.25) is 0 Å². The summed E-state index contributed by atoms with van der Waals surface area (Å²) in [4.78, 5) is 11.3. The van der Waals surface area contributed by atoms with Gasteiger partial charge in [-0.05, 0) is 32.8 Å². The summed E-state index contributed by atoms with van der Waals surface area (Å²) in [6.45, 7) is 5.01. The SMILES string of the molecule is Cn1cc(NC2CCOC(C)(C)C2)ccc1=O. The summed E-state index contributed by atoms with van der Waals surface area (Å²) < 4.78 is 7.27. The summed E-state index contributed by atoms with van der Waals surface area (Å²) in [6.07, 6.45) is 3.83. The van der Waals surface area contributed by atoms with Crippen molar-refractivity contribution in [3.63, 3.8) is 0 Å². The van der Waals surface area contributed by atoms with Crippen molar-refractivity contribution >= 4 is 5.69 Å². The largest absolute Gasteiger partial charge is 0.381 e. The molecule has 17 heavy (non-hydrogen) atoms. The molecule has 2 heterocycles. The number of hydrogen-bond acceptors (Lipinski definition) is 3. The average Bonchev–Trinajstić information content (AvgIpc) is 2.22. The van der Waals surface area contributed by atoms with Gasteiger partial charge in [0.1, 0.15) is 0 Å². The highest BCUT2D eigenvalue weighted by Gasteiger charge is 2.28. The molecule has 1 aliphatic heterocycles. The molecule has 1 aromatic heterocycles. The van der Waals surface area contributed by atoms with Gasteiger partial charge in [-0.1, -0.05) is 0 Å². The highest BCUT2D eigenvalue weighted by atomic mass is 16.5. The summed E-state index contributed by atoms with van der Waals surface area (Å²) in [5.74, 6) is 0. The van der Waals surface area contributed by atoms with Crippen LogP contribution in [0.25, 0.3) is 0 Å². The summed E-state index contributed by atoms with van der Waals surface area (Å²) in [5.41, 5.74) is 0.953. The van der Waals surface area contributed by atoms with Crippen LogP contribution in [0.5, 0.6) is 0 Å². The average molecular weight is 236 g/mol. The molecule has 1 unspecified atom stereocenters. The minimum absolute atomic E-state index is 0.0165. The lowest BCUT2D eigenvalue weighted by atomic mass is 9.94. The molecule has 4 nitrogen and oxygen atoms in total. The first-order chi connectivity index (χ1) is 7.96. The highest BCUT2D eigenvalue weighted by molar-refractivity contribution is 5.41. The van der Waals surface area contributed by atoms with Gasteiger partial charge in [-0.15, -0.1) is 0 Å². The molecule has 1 saturated heterocycles. The van der Waals surface area contributed by atoms with E-state index in [-0.39, 0.29) is 11.2 Å². The van der Waals surface area contributed by atoms with Crippen LogP contribution < -0.4 is 10.9 Å². The molecule has 0 spiro atoms. The number of anilines is 1. The second-order valence-electron chi connectivity index (χ2n) is 5.31. The van der Waals surface area contributed by atoms with E-state index in [0.29, 0.717) is 6.04 Å². The lowest BCUT2D eigenvalue weighted by Crippen LogP contribution is -2.40. The van der Waals surface area contributed by atoms with Gasteiger partial charge >= 0.3 is 0 Å². The first-order valence-corrected chi connectivity index (χ1v) is 6.03. The predicted molar refractivity (Wildman–Crippen MR) is 68.4 cm³/mol. The third kappa shape index (κ3) is 3.09. The van der Waals surface area contributed by atoms with E-state index in [2.05, 4.69) is 19.2 Å². The maximum Gasteiger partial charge on any atom is 0.250 e. The van der Waals surface area contributed by atoms with Gasteiger partial charge in [0.2, 0.25) is 5.56 Å². The topological polar surface area (TPSA) is 43.3 Å². The Hall–Kier alpha value is -1.29. The van der Waals surface area contributed by atoms with Crippen molar-refractivity contribution in [2.75, 3.05) is 11.9 Å². The monoisotopic (exact) mass is 236 g/mol. The number of ether oxygens (including phenoxy) is 1. The van der Waals surface area contributed by atoms with Crippen LogP contribution in [0.3, 0.4) is 0 Å². The van der Waals surface area contributed by atoms with E-state index in [0.717, 1.165) is 25.1 Å². The van der Waals surface area contributed by atoms with E-state index in [1.807, 2.05) is 12.3 Å². The maximum absolute atomic E-state index is 11.3. The molecule has 94 valence electrons. The molecule has 2 rings (SSSR count). The lowest BCUT2D eigenvalue weighted by Gasteiger charge is -2.36. The fraction of sp³-hybridized carbons (Fsp3) is 0.615. The molecule has 0 bridgehead atoms. The fourth-order valence-electron chi connectivity index (χ4n) is 2.27. The Morgan fingerprint density at radius 3 is 2.88 bits per heavy atom. The summed E-state index contributed by atoms with van der Waals surface area (Å²) >= 11 is 0. The van der Waals surface area contributed by atoms with E-state index in [9.17, 15) is 4.79 Å². The van der Waals surface area contributed by atoms with Crippen LogP contribution >= 0.6 is 0 Å². The minimum atomic E-state index is -0.0589. The minimum Gasteiger partial charge on any atom is -0.381 e. The third-order valence-corrected chi connectivity index (χ3v) is 3.15. The van der Waals surface area contributed by atoms with Crippen molar-refractivity contribution in [2.24, 2.45) is 7.05 Å². The molecule has 0 amide bonds. The molecule has 1 aliphatic rings. The molecule has 1 fully saturated rings. The Morgan fingerprint density at radius 2 is 2.24 bits per heavy atom. The van der Waals surface area contributed by atoms with Gasteiger partial charge in [-0.3, -0.25) is 4.79 Å². The second-order valence-corrected chi connectivity index (χ2v) is 5.31. The normalized spacial score (nSPS) is 23.4. The van der Waals surface area contributed by atoms with Crippen molar-refractivity contribution in [3.05, 3.63) is 28.7 Å². The van der Waals surface area contributed by atoms with Gasteiger partial charge in [0.05, 0.1) is 11.3 Å². The van der Waals surface area contributed by atoms with Crippen molar-refractivity contribution in [2.45, 2.75) is 38.3 Å². The van der Waals surface area contributed by atoms with E-state index in [1.54, 1.807) is 17.7 Å². The Kier molecular flexibility index (Phi) is 3.24. The standard InChI is InChI=1S/C13H20N2O2/c1-13(2)8-10(6-7-17-13)14-11-4-5-12(16)15(3)9-11/h4-5,9-10,14H,6-8H2,1-3H3. The van der Waals surface area contributed by atoms with Crippen LogP contribution in [-0.2, 0) is 11.8 Å². The molecule has 1 N–H and O–H groups in total. The zero-order chi connectivity index (χ0) is 12.5. The molecular weight excluding hydrogens is 216 g/mol. The van der Waals surface area contributed by atoms with E-state index >= 15 is 0 Å². The summed E-state index contributed by atoms with van der Waals surface area (Å²) in [5, 5.41) is 3.46. The third-order valence-electron chi connectivity index (χ3n) is 3.15. The van der Waals surface area contributed by atoms with Crippen LogP contribution in [0.1, 0.15) is 26.7 Å². The number of rotatable bonds is 2. The van der Waals surface area contributed by atoms with Gasteiger partial charge in [0.25, 0.3) is 0 Å². The molecule has 1 atom stereocenters. The number of pyridine rings is 1. The molecule has 4 heteroatoms. The Morgan fingerprint density at radius 1 is 1.47 bits per heavy atom. The number of hydrogen-bond donors (Lipinski definition) is 1. The molecule has 1 aromatic rings. The molecule has 0 aromatic carbocycles. The van der Waals surface area contributed by atoms with Crippen molar-refractivity contribution < 1.29 is 4.74 Å². The zero-order valence-corrected chi connectivity index (χ0v) is 10.7. The van der Waals surface area contributed by atoms with Crippen molar-refractivity contribution in [1.29, 1.82) is 0 Å². The Labute approximate surface area is 102 Å². The quantitative estimate of drug-likeness (QED) is 0.850. The van der Waals surface area contributed by atoms with Crippen molar-refractivity contribution in [3.8, 4) is 0 Å². The molecule has 0 radical (unpaired) electrons. The molecule has 0 saturated carbocycles. The number of aromatic nitrogens is 1. The summed E-state index contributed by atoms with van der Waals surface area (Å²) in [6, 6.07) is 3.84. The summed E-state index contributed by atoms with van der Waals surface area (Å²) in [7, 11) is 1.77. The van der Waals surface area contributed by atoms with Gasteiger partial charge in [-0.2, -0.15) is 0 Å². The van der Waals surface area contributed by atoms with E-state index < -0.39 is 0 Å². The van der Waals surface area contributed by atoms with Crippen molar-refractivity contribution in [1.82, 2.24) is 4.57 Å². The molecular formula is C13H20N2O2. The number of aryl methyl sites for hydroxylation is 1. The predicted octanol–water partition coefficient (Wildman–Crippen LogP) is 1.75. The van der Waals surface area contributed by atoms with Crippen LogP contribution in [0.4, 0.5) is 5.69 Å². The van der Waals surface area contributed by atoms with E-state index in [4.69, 9.17) is 4.74 Å². The highest BCUT2D eigenvalue weighted by Crippen LogP contribution is 2.25. The van der Waals surface area contributed by atoms with Crippen LogP contribution in [-0.4, -0.2) is 22.8 Å². The maximum atomic E-state index is 11.3. The molecule has 0 aliphatic carbocycles. The lowest BCUT2D eigenvalue weighted by molar-refractivity contribution is -0.0553. The van der Waals surface area contributed by atoms with Gasteiger partial charge in [0, 0.05) is 32.0 Å². The first-order valence-electron chi connectivity index (χ1n) is 6.03. The Balaban J connectivity index is 2.05. The zero-order valence-electron chi connectivity index (χ0n) is 10.7. The first kappa shape index (κ1) is 12.2.